The highest BCUT2D eigenvalue weighted by Gasteiger charge is 2.43. The molecule has 2 aromatic heterocycles. The number of anilines is 2. The van der Waals surface area contributed by atoms with Crippen molar-refractivity contribution in [3.05, 3.63) is 45.4 Å². The lowest BCUT2D eigenvalue weighted by atomic mass is 9.58. The molecule has 0 spiro atoms. The first kappa shape index (κ1) is 22.5. The summed E-state index contributed by atoms with van der Waals surface area (Å²) in [5, 5.41) is 10.4. The topological polar surface area (TPSA) is 88.9 Å². The average Bonchev–Trinajstić information content (AvgIpc) is 2.71. The molecule has 8 heteroatoms. The standard InChI is InChI=1S/C22H30BrN5O2/c1-13-10-16(14(2)15(3)22(13,4)5)26-17-11-25-28(21(30)20(17)23)12-19(29)27-18-8-6-7-9-24-18/h6-9,11,13-16,26H,10,12H2,1-5H3,(H,24,27,29)/t13-,14+,15+,16+/m0/s1. The van der Waals surface area contributed by atoms with Gasteiger partial charge >= 0.3 is 0 Å². The maximum absolute atomic E-state index is 12.8. The van der Waals surface area contributed by atoms with Gasteiger partial charge in [0.05, 0.1) is 11.9 Å². The van der Waals surface area contributed by atoms with Crippen molar-refractivity contribution in [2.45, 2.75) is 53.6 Å². The first-order valence-electron chi connectivity index (χ1n) is 10.3. The van der Waals surface area contributed by atoms with Gasteiger partial charge in [-0.05, 0) is 57.7 Å². The minimum Gasteiger partial charge on any atom is -0.380 e. The molecule has 4 atom stereocenters. The van der Waals surface area contributed by atoms with Crippen molar-refractivity contribution < 1.29 is 4.79 Å². The minimum absolute atomic E-state index is 0.184. The van der Waals surface area contributed by atoms with Crippen LogP contribution in [-0.4, -0.2) is 26.7 Å². The monoisotopic (exact) mass is 475 g/mol. The smallest absolute Gasteiger partial charge is 0.283 e. The van der Waals surface area contributed by atoms with Gasteiger partial charge < -0.3 is 10.6 Å². The molecule has 1 aliphatic carbocycles. The van der Waals surface area contributed by atoms with Gasteiger partial charge in [0.15, 0.2) is 0 Å². The molecule has 7 nitrogen and oxygen atoms in total. The van der Waals surface area contributed by atoms with Gasteiger partial charge in [-0.15, -0.1) is 0 Å². The lowest BCUT2D eigenvalue weighted by molar-refractivity contribution is -0.117. The van der Waals surface area contributed by atoms with Crippen LogP contribution in [0.5, 0.6) is 0 Å². The van der Waals surface area contributed by atoms with Crippen molar-refractivity contribution in [3.8, 4) is 0 Å². The normalized spacial score (nSPS) is 25.5. The van der Waals surface area contributed by atoms with Crippen molar-refractivity contribution in [3.63, 3.8) is 0 Å². The Bertz CT molecular complexity index is 960. The fourth-order valence-electron chi connectivity index (χ4n) is 4.20. The maximum atomic E-state index is 12.8. The Labute approximate surface area is 185 Å². The van der Waals surface area contributed by atoms with Crippen LogP contribution in [0.25, 0.3) is 0 Å². The Morgan fingerprint density at radius 2 is 2.03 bits per heavy atom. The molecule has 162 valence electrons. The van der Waals surface area contributed by atoms with Gasteiger partial charge in [0.25, 0.3) is 5.56 Å². The predicted molar refractivity (Wildman–Crippen MR) is 122 cm³/mol. The summed E-state index contributed by atoms with van der Waals surface area (Å²) in [4.78, 5) is 29.0. The zero-order chi connectivity index (χ0) is 22.1. The van der Waals surface area contributed by atoms with Crippen LogP contribution in [0.2, 0.25) is 0 Å². The Hall–Kier alpha value is -2.22. The van der Waals surface area contributed by atoms with E-state index in [4.69, 9.17) is 0 Å². The van der Waals surface area contributed by atoms with Crippen molar-refractivity contribution in [2.24, 2.45) is 23.2 Å². The molecular weight excluding hydrogens is 446 g/mol. The molecule has 2 aromatic rings. The fourth-order valence-corrected chi connectivity index (χ4v) is 4.62. The van der Waals surface area contributed by atoms with E-state index in [-0.39, 0.29) is 29.5 Å². The molecule has 3 rings (SSSR count). The maximum Gasteiger partial charge on any atom is 0.283 e. The zero-order valence-corrected chi connectivity index (χ0v) is 19.7. The van der Waals surface area contributed by atoms with Gasteiger partial charge in [-0.25, -0.2) is 9.67 Å². The van der Waals surface area contributed by atoms with Crippen LogP contribution in [0.3, 0.4) is 0 Å². The summed E-state index contributed by atoms with van der Waals surface area (Å²) in [6.07, 6.45) is 4.23. The van der Waals surface area contributed by atoms with Crippen LogP contribution < -0.4 is 16.2 Å². The van der Waals surface area contributed by atoms with E-state index in [1.165, 1.54) is 0 Å². The summed E-state index contributed by atoms with van der Waals surface area (Å²) in [6, 6.07) is 5.48. The third kappa shape index (κ3) is 4.58. The van der Waals surface area contributed by atoms with Crippen molar-refractivity contribution in [2.75, 3.05) is 10.6 Å². The number of nitrogens with zero attached hydrogens (tertiary/aromatic N) is 3. The van der Waals surface area contributed by atoms with Crippen LogP contribution in [0.15, 0.2) is 39.9 Å². The molecule has 30 heavy (non-hydrogen) atoms. The van der Waals surface area contributed by atoms with Crippen molar-refractivity contribution in [1.29, 1.82) is 0 Å². The highest BCUT2D eigenvalue weighted by Crippen LogP contribution is 2.48. The summed E-state index contributed by atoms with van der Waals surface area (Å²) >= 11 is 3.41. The predicted octanol–water partition coefficient (Wildman–Crippen LogP) is 4.16. The summed E-state index contributed by atoms with van der Waals surface area (Å²) in [5.74, 6) is 1.63. The molecule has 1 saturated carbocycles. The number of pyridine rings is 1. The van der Waals surface area contributed by atoms with E-state index in [0.717, 1.165) is 11.1 Å². The molecule has 0 unspecified atom stereocenters. The number of hydrogen-bond acceptors (Lipinski definition) is 5. The zero-order valence-electron chi connectivity index (χ0n) is 18.1. The minimum atomic E-state index is -0.360. The highest BCUT2D eigenvalue weighted by molar-refractivity contribution is 9.10. The van der Waals surface area contributed by atoms with Crippen LogP contribution in [0.4, 0.5) is 11.5 Å². The van der Waals surface area contributed by atoms with Crippen LogP contribution in [-0.2, 0) is 11.3 Å². The van der Waals surface area contributed by atoms with Crippen LogP contribution in [0.1, 0.15) is 41.0 Å². The number of rotatable bonds is 5. The number of carbonyl (C=O) groups excluding carboxylic acids is 1. The van der Waals surface area contributed by atoms with Gasteiger partial charge in [-0.2, -0.15) is 5.10 Å². The first-order chi connectivity index (χ1) is 14.1. The van der Waals surface area contributed by atoms with E-state index in [1.807, 2.05) is 0 Å². The number of halogens is 1. The number of hydrogen-bond donors (Lipinski definition) is 2. The average molecular weight is 476 g/mol. The molecule has 1 amide bonds. The number of amides is 1. The largest absolute Gasteiger partial charge is 0.380 e. The number of nitrogens with one attached hydrogen (secondary N) is 2. The molecule has 2 N–H and O–H groups in total. The second-order valence-corrected chi connectivity index (χ2v) is 9.75. The van der Waals surface area contributed by atoms with Crippen LogP contribution in [0, 0.1) is 23.2 Å². The van der Waals surface area contributed by atoms with Crippen molar-refractivity contribution in [1.82, 2.24) is 14.8 Å². The Kier molecular flexibility index (Phi) is 6.65. The van der Waals surface area contributed by atoms with Crippen molar-refractivity contribution >= 4 is 33.3 Å². The van der Waals surface area contributed by atoms with Crippen LogP contribution >= 0.6 is 15.9 Å². The van der Waals surface area contributed by atoms with E-state index in [9.17, 15) is 9.59 Å². The van der Waals surface area contributed by atoms with Gasteiger partial charge in [0.2, 0.25) is 5.91 Å². The molecular formula is C22H30BrN5O2. The second-order valence-electron chi connectivity index (χ2n) is 8.95. The summed E-state index contributed by atoms with van der Waals surface area (Å²) in [5.41, 5.74) is 0.593. The fraction of sp³-hybridized carbons (Fsp3) is 0.545. The highest BCUT2D eigenvalue weighted by atomic mass is 79.9. The quantitative estimate of drug-likeness (QED) is 0.677. The van der Waals surface area contributed by atoms with Gasteiger partial charge in [-0.1, -0.05) is 40.7 Å². The van der Waals surface area contributed by atoms with E-state index < -0.39 is 0 Å². The molecule has 0 radical (unpaired) electrons. The lowest BCUT2D eigenvalue weighted by Gasteiger charge is -2.50. The molecule has 0 saturated heterocycles. The second kappa shape index (κ2) is 8.88. The van der Waals surface area contributed by atoms with Gasteiger partial charge in [0.1, 0.15) is 16.8 Å². The Balaban J connectivity index is 1.72. The molecule has 0 aliphatic heterocycles. The Morgan fingerprint density at radius 1 is 1.30 bits per heavy atom. The summed E-state index contributed by atoms with van der Waals surface area (Å²) in [6.45, 7) is 11.4. The van der Waals surface area contributed by atoms with E-state index in [2.05, 4.69) is 71.3 Å². The van der Waals surface area contributed by atoms with E-state index in [1.54, 1.807) is 30.6 Å². The summed E-state index contributed by atoms with van der Waals surface area (Å²) < 4.78 is 1.53. The molecule has 0 bridgehead atoms. The molecule has 1 aliphatic rings. The van der Waals surface area contributed by atoms with Gasteiger partial charge in [0, 0.05) is 12.2 Å². The molecule has 0 aromatic carbocycles. The van der Waals surface area contributed by atoms with E-state index in [0.29, 0.717) is 33.7 Å². The van der Waals surface area contributed by atoms with E-state index >= 15 is 0 Å². The lowest BCUT2D eigenvalue weighted by Crippen LogP contribution is -2.48. The number of carbonyl (C=O) groups is 1. The molecule has 1 fully saturated rings. The van der Waals surface area contributed by atoms with Gasteiger partial charge in [-0.3, -0.25) is 9.59 Å². The molecule has 2 heterocycles. The number of aromatic nitrogens is 3. The third-order valence-electron chi connectivity index (χ3n) is 7.03. The first-order valence-corrected chi connectivity index (χ1v) is 11.1. The SMILES string of the molecule is C[C@@H]1[C@@H](C)C(C)(C)[C@@H](C)C[C@H]1Nc1cnn(CC(=O)Nc2ccccn2)c(=O)c1Br. The third-order valence-corrected chi connectivity index (χ3v) is 7.79. The Morgan fingerprint density at radius 3 is 2.70 bits per heavy atom. The summed E-state index contributed by atoms with van der Waals surface area (Å²) in [7, 11) is 0.